The number of unbranched alkanes of at least 4 members (excludes halogenated alkanes) is 7. The van der Waals surface area contributed by atoms with E-state index < -0.39 is 5.97 Å². The summed E-state index contributed by atoms with van der Waals surface area (Å²) in [7, 11) is 0. The molecule has 0 spiro atoms. The molecule has 0 saturated heterocycles. The maximum Gasteiger partial charge on any atom is 0.329 e. The summed E-state index contributed by atoms with van der Waals surface area (Å²) in [5.74, 6) is -0.934. The van der Waals surface area contributed by atoms with E-state index in [4.69, 9.17) is 14.6 Å². The summed E-state index contributed by atoms with van der Waals surface area (Å²) < 4.78 is 10.2. The standard InChI is InChI=1S/C17H32O4/c1-2-3-4-5-6-7-8-9-10-11-12-13-20-14-15-21-16-17(18)19/h4-5H,2-3,6-16H2,1H3,(H,18,19)/b5-4+. The molecule has 124 valence electrons. The van der Waals surface area contributed by atoms with Gasteiger partial charge in [0.2, 0.25) is 0 Å². The summed E-state index contributed by atoms with van der Waals surface area (Å²) in [6.07, 6.45) is 15.8. The quantitative estimate of drug-likeness (QED) is 0.343. The Morgan fingerprint density at radius 2 is 1.48 bits per heavy atom. The molecule has 0 bridgehead atoms. The Balaban J connectivity index is 3.01. The average molecular weight is 300 g/mol. The van der Waals surface area contributed by atoms with Gasteiger partial charge in [0, 0.05) is 6.61 Å². The molecule has 0 aliphatic rings. The van der Waals surface area contributed by atoms with Crippen molar-refractivity contribution >= 4 is 5.97 Å². The normalized spacial score (nSPS) is 11.3. The van der Waals surface area contributed by atoms with Gasteiger partial charge in [0.1, 0.15) is 6.61 Å². The molecule has 0 aromatic rings. The molecular weight excluding hydrogens is 268 g/mol. The molecule has 0 atom stereocenters. The Morgan fingerprint density at radius 3 is 2.19 bits per heavy atom. The predicted octanol–water partition coefficient (Wildman–Crippen LogP) is 4.19. The summed E-state index contributed by atoms with van der Waals surface area (Å²) in [4.78, 5) is 10.2. The van der Waals surface area contributed by atoms with Crippen molar-refractivity contribution in [3.63, 3.8) is 0 Å². The van der Waals surface area contributed by atoms with E-state index in [2.05, 4.69) is 19.1 Å². The summed E-state index contributed by atoms with van der Waals surface area (Å²) in [6.45, 7) is 3.56. The van der Waals surface area contributed by atoms with Crippen LogP contribution in [-0.2, 0) is 14.3 Å². The molecule has 1 N–H and O–H groups in total. The Bertz CT molecular complexity index is 251. The van der Waals surface area contributed by atoms with Crippen LogP contribution in [0.5, 0.6) is 0 Å². The Hall–Kier alpha value is -0.870. The number of ether oxygens (including phenoxy) is 2. The molecule has 0 rings (SSSR count). The number of allylic oxidation sites excluding steroid dienone is 2. The van der Waals surface area contributed by atoms with E-state index >= 15 is 0 Å². The highest BCUT2D eigenvalue weighted by atomic mass is 16.5. The third-order valence-corrected chi connectivity index (χ3v) is 3.13. The number of carboxylic acid groups (broad SMARTS) is 1. The van der Waals surface area contributed by atoms with E-state index in [0.29, 0.717) is 13.2 Å². The Kier molecular flexibility index (Phi) is 16.5. The number of hydrogen-bond donors (Lipinski definition) is 1. The largest absolute Gasteiger partial charge is 0.480 e. The van der Waals surface area contributed by atoms with Gasteiger partial charge in [-0.25, -0.2) is 4.79 Å². The van der Waals surface area contributed by atoms with Crippen LogP contribution in [0.3, 0.4) is 0 Å². The molecule has 0 aliphatic carbocycles. The van der Waals surface area contributed by atoms with Crippen molar-refractivity contribution < 1.29 is 19.4 Å². The first-order chi connectivity index (χ1) is 10.3. The van der Waals surface area contributed by atoms with Gasteiger partial charge in [0.25, 0.3) is 0 Å². The number of carbonyl (C=O) groups is 1. The monoisotopic (exact) mass is 300 g/mol. The first kappa shape index (κ1) is 20.1. The number of carboxylic acids is 1. The molecule has 0 fully saturated rings. The predicted molar refractivity (Wildman–Crippen MR) is 85.6 cm³/mol. The fourth-order valence-corrected chi connectivity index (χ4v) is 1.96. The van der Waals surface area contributed by atoms with Crippen LogP contribution in [0.4, 0.5) is 0 Å². The SMILES string of the molecule is CCC/C=C/CCCCCCCCOCCOCC(=O)O. The van der Waals surface area contributed by atoms with E-state index in [1.54, 1.807) is 0 Å². The molecule has 21 heavy (non-hydrogen) atoms. The van der Waals surface area contributed by atoms with Crippen molar-refractivity contribution in [2.45, 2.75) is 64.7 Å². The van der Waals surface area contributed by atoms with Gasteiger partial charge in [-0.2, -0.15) is 0 Å². The van der Waals surface area contributed by atoms with Crippen molar-refractivity contribution in [2.24, 2.45) is 0 Å². The molecule has 0 aromatic heterocycles. The topological polar surface area (TPSA) is 55.8 Å². The van der Waals surface area contributed by atoms with E-state index in [1.165, 1.54) is 51.4 Å². The van der Waals surface area contributed by atoms with Crippen LogP contribution >= 0.6 is 0 Å². The molecule has 4 heteroatoms. The Labute approximate surface area is 129 Å². The van der Waals surface area contributed by atoms with Crippen LogP contribution in [0.1, 0.15) is 64.7 Å². The number of rotatable bonds is 16. The number of aliphatic carboxylic acids is 1. The second-order valence-electron chi connectivity index (χ2n) is 5.23. The smallest absolute Gasteiger partial charge is 0.329 e. The second-order valence-corrected chi connectivity index (χ2v) is 5.23. The van der Waals surface area contributed by atoms with Gasteiger partial charge in [-0.05, 0) is 25.7 Å². The van der Waals surface area contributed by atoms with E-state index in [0.717, 1.165) is 13.0 Å². The van der Waals surface area contributed by atoms with Gasteiger partial charge in [-0.15, -0.1) is 0 Å². The molecule has 0 aliphatic heterocycles. The van der Waals surface area contributed by atoms with Crippen molar-refractivity contribution in [2.75, 3.05) is 26.4 Å². The summed E-state index contributed by atoms with van der Waals surface area (Å²) in [6, 6.07) is 0. The fourth-order valence-electron chi connectivity index (χ4n) is 1.96. The van der Waals surface area contributed by atoms with Gasteiger partial charge in [-0.1, -0.05) is 51.2 Å². The van der Waals surface area contributed by atoms with Crippen LogP contribution in [0.2, 0.25) is 0 Å². The average Bonchev–Trinajstić information content (AvgIpc) is 2.46. The van der Waals surface area contributed by atoms with Crippen molar-refractivity contribution in [3.05, 3.63) is 12.2 Å². The van der Waals surface area contributed by atoms with Crippen LogP contribution in [0.15, 0.2) is 12.2 Å². The summed E-state index contributed by atoms with van der Waals surface area (Å²) in [5, 5.41) is 8.36. The van der Waals surface area contributed by atoms with Gasteiger partial charge >= 0.3 is 5.97 Å². The van der Waals surface area contributed by atoms with Crippen LogP contribution in [-0.4, -0.2) is 37.5 Å². The number of hydrogen-bond acceptors (Lipinski definition) is 3. The minimum Gasteiger partial charge on any atom is -0.480 e. The lowest BCUT2D eigenvalue weighted by atomic mass is 10.1. The van der Waals surface area contributed by atoms with Crippen LogP contribution in [0, 0.1) is 0 Å². The molecule has 0 amide bonds. The van der Waals surface area contributed by atoms with E-state index in [1.807, 2.05) is 0 Å². The van der Waals surface area contributed by atoms with Crippen LogP contribution < -0.4 is 0 Å². The second kappa shape index (κ2) is 17.2. The van der Waals surface area contributed by atoms with Crippen molar-refractivity contribution in [1.29, 1.82) is 0 Å². The highest BCUT2D eigenvalue weighted by Crippen LogP contribution is 2.08. The maximum absolute atomic E-state index is 10.2. The first-order valence-corrected chi connectivity index (χ1v) is 8.29. The zero-order chi connectivity index (χ0) is 15.6. The third kappa shape index (κ3) is 19.1. The third-order valence-electron chi connectivity index (χ3n) is 3.13. The first-order valence-electron chi connectivity index (χ1n) is 8.29. The molecule has 0 heterocycles. The molecular formula is C17H32O4. The van der Waals surface area contributed by atoms with Crippen molar-refractivity contribution in [1.82, 2.24) is 0 Å². The minimum absolute atomic E-state index is 0.239. The highest BCUT2D eigenvalue weighted by molar-refractivity contribution is 5.67. The van der Waals surface area contributed by atoms with Gasteiger partial charge in [0.05, 0.1) is 13.2 Å². The summed E-state index contributed by atoms with van der Waals surface area (Å²) in [5.41, 5.74) is 0. The molecule has 4 nitrogen and oxygen atoms in total. The zero-order valence-corrected chi connectivity index (χ0v) is 13.5. The molecule has 0 saturated carbocycles. The highest BCUT2D eigenvalue weighted by Gasteiger charge is 1.96. The molecule has 0 unspecified atom stereocenters. The lowest BCUT2D eigenvalue weighted by Gasteiger charge is -2.04. The van der Waals surface area contributed by atoms with E-state index in [9.17, 15) is 4.79 Å². The van der Waals surface area contributed by atoms with E-state index in [-0.39, 0.29) is 6.61 Å². The van der Waals surface area contributed by atoms with Crippen molar-refractivity contribution in [3.8, 4) is 0 Å². The van der Waals surface area contributed by atoms with Gasteiger partial charge in [0.15, 0.2) is 0 Å². The van der Waals surface area contributed by atoms with Gasteiger partial charge in [-0.3, -0.25) is 0 Å². The molecule has 0 radical (unpaired) electrons. The van der Waals surface area contributed by atoms with Gasteiger partial charge < -0.3 is 14.6 Å². The maximum atomic E-state index is 10.2. The minimum atomic E-state index is -0.934. The summed E-state index contributed by atoms with van der Waals surface area (Å²) >= 11 is 0. The fraction of sp³-hybridized carbons (Fsp3) is 0.824. The zero-order valence-electron chi connectivity index (χ0n) is 13.5. The lowest BCUT2D eigenvalue weighted by Crippen LogP contribution is -2.11. The lowest BCUT2D eigenvalue weighted by molar-refractivity contribution is -0.142. The van der Waals surface area contributed by atoms with Crippen LogP contribution in [0.25, 0.3) is 0 Å². The molecule has 0 aromatic carbocycles. The Morgan fingerprint density at radius 1 is 0.857 bits per heavy atom.